The van der Waals surface area contributed by atoms with Gasteiger partial charge in [0, 0.05) is 19.3 Å². The van der Waals surface area contributed by atoms with Crippen LogP contribution in [0.15, 0.2) is 0 Å². The van der Waals surface area contributed by atoms with Gasteiger partial charge in [0.05, 0.1) is 0 Å². The Balaban J connectivity index is 4.25. The second kappa shape index (κ2) is 55.7. The van der Waals surface area contributed by atoms with Gasteiger partial charge in [-0.2, -0.15) is 0 Å². The summed E-state index contributed by atoms with van der Waals surface area (Å²) in [4.78, 5) is 38.2. The van der Waals surface area contributed by atoms with E-state index in [9.17, 15) is 14.4 Å². The van der Waals surface area contributed by atoms with E-state index in [1.165, 1.54) is 244 Å². The molecule has 6 heteroatoms. The van der Waals surface area contributed by atoms with E-state index in [4.69, 9.17) is 14.2 Å². The first kappa shape index (κ1) is 67.4. The number of carbonyl (C=O) groups excluding carboxylic acids is 3. The number of esters is 3. The Morgan fingerprint density at radius 2 is 0.478 bits per heavy atom. The molecule has 0 aromatic rings. The van der Waals surface area contributed by atoms with Gasteiger partial charge in [-0.05, 0) is 31.1 Å². The number of carbonyl (C=O) groups is 3. The summed E-state index contributed by atoms with van der Waals surface area (Å²) in [7, 11) is 0. The van der Waals surface area contributed by atoms with Gasteiger partial charge in [-0.25, -0.2) is 0 Å². The molecule has 0 saturated heterocycles. The molecular weight excluding hydrogens is 853 g/mol. The Bertz CT molecular complexity index is 1060. The maximum atomic E-state index is 12.9. The van der Waals surface area contributed by atoms with Crippen molar-refractivity contribution < 1.29 is 28.6 Å². The zero-order valence-electron chi connectivity index (χ0n) is 47.5. The van der Waals surface area contributed by atoms with Crippen LogP contribution in [0.1, 0.15) is 356 Å². The van der Waals surface area contributed by atoms with Gasteiger partial charge in [0.25, 0.3) is 0 Å². The van der Waals surface area contributed by atoms with Crippen molar-refractivity contribution in [1.82, 2.24) is 0 Å². The fourth-order valence-electron chi connectivity index (χ4n) is 9.76. The van der Waals surface area contributed by atoms with Crippen LogP contribution in [0.5, 0.6) is 0 Å². The van der Waals surface area contributed by atoms with E-state index in [1.54, 1.807) is 0 Å². The molecule has 0 aliphatic rings. The Hall–Kier alpha value is -1.59. The minimum atomic E-state index is -0.763. The van der Waals surface area contributed by atoms with Crippen molar-refractivity contribution in [3.63, 3.8) is 0 Å². The van der Waals surface area contributed by atoms with Crippen molar-refractivity contribution in [2.24, 2.45) is 11.8 Å². The van der Waals surface area contributed by atoms with Crippen LogP contribution in [0.3, 0.4) is 0 Å². The van der Waals surface area contributed by atoms with Gasteiger partial charge in [0.15, 0.2) is 6.10 Å². The lowest BCUT2D eigenvalue weighted by molar-refractivity contribution is -0.167. The second-order valence-corrected chi connectivity index (χ2v) is 22.6. The molecule has 0 saturated carbocycles. The maximum absolute atomic E-state index is 12.9. The molecule has 6 nitrogen and oxygen atoms in total. The Kier molecular flexibility index (Phi) is 54.4. The summed E-state index contributed by atoms with van der Waals surface area (Å²) in [5.74, 6) is 0.870. The van der Waals surface area contributed by atoms with Crippen LogP contribution in [-0.4, -0.2) is 37.2 Å². The Labute approximate surface area is 431 Å². The van der Waals surface area contributed by atoms with E-state index in [2.05, 4.69) is 34.6 Å². The first-order valence-electron chi connectivity index (χ1n) is 31.2. The normalized spacial score (nSPS) is 12.0. The second-order valence-electron chi connectivity index (χ2n) is 22.6. The van der Waals surface area contributed by atoms with E-state index < -0.39 is 6.10 Å². The summed E-state index contributed by atoms with van der Waals surface area (Å²) < 4.78 is 16.9. The van der Waals surface area contributed by atoms with Gasteiger partial charge < -0.3 is 14.2 Å². The standard InChI is InChI=1S/C63H122O6/c1-6-7-8-9-10-11-12-21-28-33-38-43-48-53-61(64)67-56-60(69-63(66)55-50-45-40-35-30-25-20-19-23-27-32-37-42-47-52-59(4)5)57-68-62(65)54-49-44-39-34-29-24-18-16-14-13-15-17-22-26-31-36-41-46-51-58(2)3/h58-60H,6-57H2,1-5H3/t60-/m0/s1. The van der Waals surface area contributed by atoms with Crippen molar-refractivity contribution in [2.75, 3.05) is 13.2 Å². The number of rotatable bonds is 57. The van der Waals surface area contributed by atoms with Crippen molar-refractivity contribution >= 4 is 17.9 Å². The molecule has 0 bridgehead atoms. The Morgan fingerprint density at radius 3 is 0.710 bits per heavy atom. The van der Waals surface area contributed by atoms with Gasteiger partial charge in [0.1, 0.15) is 13.2 Å². The van der Waals surface area contributed by atoms with Crippen LogP contribution in [-0.2, 0) is 28.6 Å². The molecule has 0 spiro atoms. The number of hydrogen-bond donors (Lipinski definition) is 0. The molecule has 0 aliphatic heterocycles. The lowest BCUT2D eigenvalue weighted by Crippen LogP contribution is -2.30. The maximum Gasteiger partial charge on any atom is 0.306 e. The summed E-state index contributed by atoms with van der Waals surface area (Å²) in [6, 6.07) is 0. The van der Waals surface area contributed by atoms with Gasteiger partial charge in [-0.3, -0.25) is 14.4 Å². The van der Waals surface area contributed by atoms with E-state index >= 15 is 0 Å². The average Bonchev–Trinajstić information content (AvgIpc) is 3.32. The summed E-state index contributed by atoms with van der Waals surface area (Å²) in [5.41, 5.74) is 0. The largest absolute Gasteiger partial charge is 0.462 e. The lowest BCUT2D eigenvalue weighted by atomic mass is 10.0. The monoisotopic (exact) mass is 975 g/mol. The van der Waals surface area contributed by atoms with Crippen molar-refractivity contribution in [3.8, 4) is 0 Å². The van der Waals surface area contributed by atoms with Crippen LogP contribution in [0.2, 0.25) is 0 Å². The van der Waals surface area contributed by atoms with Crippen LogP contribution >= 0.6 is 0 Å². The minimum Gasteiger partial charge on any atom is -0.462 e. The number of unbranched alkanes of at least 4 members (excludes halogenated alkanes) is 42. The Morgan fingerprint density at radius 1 is 0.275 bits per heavy atom. The molecule has 0 heterocycles. The fraction of sp³-hybridized carbons (Fsp3) is 0.952. The third kappa shape index (κ3) is 57.2. The zero-order chi connectivity index (χ0) is 50.4. The summed E-state index contributed by atoms with van der Waals surface area (Å²) in [6.07, 6.45) is 61.0. The molecule has 0 rings (SSSR count). The first-order valence-corrected chi connectivity index (χ1v) is 31.2. The highest BCUT2D eigenvalue weighted by atomic mass is 16.6. The van der Waals surface area contributed by atoms with Crippen LogP contribution in [0.4, 0.5) is 0 Å². The van der Waals surface area contributed by atoms with Crippen LogP contribution < -0.4 is 0 Å². The van der Waals surface area contributed by atoms with Crippen LogP contribution in [0.25, 0.3) is 0 Å². The smallest absolute Gasteiger partial charge is 0.306 e. The molecule has 0 N–H and O–H groups in total. The fourth-order valence-corrected chi connectivity index (χ4v) is 9.76. The van der Waals surface area contributed by atoms with E-state index in [1.807, 2.05) is 0 Å². The zero-order valence-corrected chi connectivity index (χ0v) is 47.5. The molecule has 69 heavy (non-hydrogen) atoms. The van der Waals surface area contributed by atoms with Crippen LogP contribution in [0, 0.1) is 11.8 Å². The molecule has 0 aliphatic carbocycles. The predicted molar refractivity (Wildman–Crippen MR) is 298 cm³/mol. The van der Waals surface area contributed by atoms with Gasteiger partial charge >= 0.3 is 17.9 Å². The number of hydrogen-bond acceptors (Lipinski definition) is 6. The number of ether oxygens (including phenoxy) is 3. The highest BCUT2D eigenvalue weighted by Gasteiger charge is 2.19. The molecule has 0 radical (unpaired) electrons. The highest BCUT2D eigenvalue weighted by molar-refractivity contribution is 5.71. The van der Waals surface area contributed by atoms with Crippen molar-refractivity contribution in [1.29, 1.82) is 0 Å². The molecule has 0 fully saturated rings. The summed E-state index contributed by atoms with van der Waals surface area (Å²) in [5, 5.41) is 0. The molecule has 1 atom stereocenters. The van der Waals surface area contributed by atoms with Gasteiger partial charge in [0.2, 0.25) is 0 Å². The quantitative estimate of drug-likeness (QED) is 0.0343. The predicted octanol–water partition coefficient (Wildman–Crippen LogP) is 20.8. The molecule has 0 amide bonds. The third-order valence-corrected chi connectivity index (χ3v) is 14.5. The molecule has 0 unspecified atom stereocenters. The topological polar surface area (TPSA) is 78.9 Å². The lowest BCUT2D eigenvalue weighted by Gasteiger charge is -2.18. The third-order valence-electron chi connectivity index (χ3n) is 14.5. The van der Waals surface area contributed by atoms with E-state index in [0.29, 0.717) is 19.3 Å². The molecular formula is C63H122O6. The van der Waals surface area contributed by atoms with Gasteiger partial charge in [-0.15, -0.1) is 0 Å². The molecule has 0 aromatic carbocycles. The van der Waals surface area contributed by atoms with Crippen molar-refractivity contribution in [3.05, 3.63) is 0 Å². The average molecular weight is 976 g/mol. The summed E-state index contributed by atoms with van der Waals surface area (Å²) in [6.45, 7) is 11.5. The minimum absolute atomic E-state index is 0.0619. The SMILES string of the molecule is CCCCCCCCCCCCCCCC(=O)OC[C@@H](COC(=O)CCCCCCCCCCCCCCCCCCCCC(C)C)OC(=O)CCCCCCCCCCCCCCCCC(C)C. The van der Waals surface area contributed by atoms with Gasteiger partial charge in [-0.1, -0.05) is 317 Å². The van der Waals surface area contributed by atoms with E-state index in [-0.39, 0.29) is 31.1 Å². The molecule has 0 aromatic heterocycles. The molecule has 410 valence electrons. The summed E-state index contributed by atoms with van der Waals surface area (Å²) >= 11 is 0. The highest BCUT2D eigenvalue weighted by Crippen LogP contribution is 2.19. The van der Waals surface area contributed by atoms with E-state index in [0.717, 1.165) is 69.6 Å². The van der Waals surface area contributed by atoms with Crippen molar-refractivity contribution in [2.45, 2.75) is 362 Å². The first-order chi connectivity index (χ1) is 33.7.